The SMILES string of the molecule is Cc1noc(NC(=O)CSc2nc3sc4c(c3c(=O)n2Cc2ccco2)CCC(C)C4)n1. The van der Waals surface area contributed by atoms with E-state index >= 15 is 0 Å². The fourth-order valence-corrected chi connectivity index (χ4v) is 6.07. The van der Waals surface area contributed by atoms with Crippen molar-refractivity contribution in [3.8, 4) is 0 Å². The van der Waals surface area contributed by atoms with E-state index in [4.69, 9.17) is 13.9 Å². The molecule has 1 amide bonds. The number of hydrogen-bond donors (Lipinski definition) is 1. The van der Waals surface area contributed by atoms with Gasteiger partial charge in [0.25, 0.3) is 5.56 Å². The number of nitrogens with zero attached hydrogens (tertiary/aromatic N) is 4. The summed E-state index contributed by atoms with van der Waals surface area (Å²) in [6.45, 7) is 4.16. The number of nitrogens with one attached hydrogen (secondary N) is 1. The Balaban J connectivity index is 1.48. The smallest absolute Gasteiger partial charge is 0.328 e. The Morgan fingerprint density at radius 1 is 1.41 bits per heavy atom. The van der Waals surface area contributed by atoms with Crippen LogP contribution in [0, 0.1) is 12.8 Å². The van der Waals surface area contributed by atoms with Gasteiger partial charge in [0.05, 0.1) is 23.9 Å². The maximum Gasteiger partial charge on any atom is 0.328 e. The molecular formula is C21H21N5O4S2. The largest absolute Gasteiger partial charge is 0.467 e. The molecule has 1 atom stereocenters. The summed E-state index contributed by atoms with van der Waals surface area (Å²) >= 11 is 2.79. The molecule has 0 radical (unpaired) electrons. The summed E-state index contributed by atoms with van der Waals surface area (Å²) in [5.41, 5.74) is 1.05. The van der Waals surface area contributed by atoms with Gasteiger partial charge in [-0.3, -0.25) is 19.5 Å². The molecule has 0 bridgehead atoms. The highest BCUT2D eigenvalue weighted by Gasteiger charge is 2.25. The van der Waals surface area contributed by atoms with Gasteiger partial charge in [0.2, 0.25) is 5.91 Å². The average molecular weight is 472 g/mol. The molecule has 1 N–H and O–H groups in total. The number of furan rings is 1. The highest BCUT2D eigenvalue weighted by Crippen LogP contribution is 2.36. The summed E-state index contributed by atoms with van der Waals surface area (Å²) in [7, 11) is 0. The minimum Gasteiger partial charge on any atom is -0.467 e. The first-order valence-electron chi connectivity index (χ1n) is 10.3. The fraction of sp³-hybridized carbons (Fsp3) is 0.381. The van der Waals surface area contributed by atoms with E-state index in [1.54, 1.807) is 35.2 Å². The minimum absolute atomic E-state index is 0.0413. The number of rotatable bonds is 6. The summed E-state index contributed by atoms with van der Waals surface area (Å²) < 4.78 is 12.0. The second kappa shape index (κ2) is 8.55. The number of fused-ring (bicyclic) bond motifs is 3. The molecule has 4 aromatic heterocycles. The highest BCUT2D eigenvalue weighted by atomic mass is 32.2. The van der Waals surface area contributed by atoms with Gasteiger partial charge in [-0.1, -0.05) is 23.8 Å². The van der Waals surface area contributed by atoms with Crippen LogP contribution in [0.1, 0.15) is 35.4 Å². The third kappa shape index (κ3) is 4.09. The molecule has 5 rings (SSSR count). The van der Waals surface area contributed by atoms with Gasteiger partial charge >= 0.3 is 6.01 Å². The zero-order chi connectivity index (χ0) is 22.2. The maximum absolute atomic E-state index is 13.6. The first-order valence-corrected chi connectivity index (χ1v) is 12.1. The van der Waals surface area contributed by atoms with Gasteiger partial charge in [-0.2, -0.15) is 4.98 Å². The van der Waals surface area contributed by atoms with E-state index in [-0.39, 0.29) is 29.8 Å². The van der Waals surface area contributed by atoms with Crippen LogP contribution >= 0.6 is 23.1 Å². The molecule has 0 aromatic carbocycles. The van der Waals surface area contributed by atoms with E-state index in [1.165, 1.54) is 16.6 Å². The van der Waals surface area contributed by atoms with Gasteiger partial charge in [-0.25, -0.2) is 4.98 Å². The molecular weight excluding hydrogens is 450 g/mol. The predicted molar refractivity (Wildman–Crippen MR) is 121 cm³/mol. The van der Waals surface area contributed by atoms with Crippen molar-refractivity contribution in [2.45, 2.75) is 44.8 Å². The van der Waals surface area contributed by atoms with Crippen molar-refractivity contribution in [3.63, 3.8) is 0 Å². The molecule has 32 heavy (non-hydrogen) atoms. The quantitative estimate of drug-likeness (QED) is 0.335. The van der Waals surface area contributed by atoms with Crippen molar-refractivity contribution in [1.82, 2.24) is 19.7 Å². The minimum atomic E-state index is -0.322. The molecule has 0 spiro atoms. The summed E-state index contributed by atoms with van der Waals surface area (Å²) in [5, 5.41) is 7.40. The number of carbonyl (C=O) groups excluding carboxylic acids is 1. The molecule has 0 saturated heterocycles. The average Bonchev–Trinajstić information content (AvgIpc) is 3.48. The predicted octanol–water partition coefficient (Wildman–Crippen LogP) is 3.65. The van der Waals surface area contributed by atoms with Crippen molar-refractivity contribution >= 4 is 45.2 Å². The topological polar surface area (TPSA) is 116 Å². The molecule has 4 heterocycles. The Kier molecular flexibility index (Phi) is 5.60. The van der Waals surface area contributed by atoms with E-state index in [1.807, 2.05) is 6.07 Å². The Bertz CT molecular complexity index is 1340. The van der Waals surface area contributed by atoms with Crippen LogP contribution in [-0.4, -0.2) is 31.4 Å². The zero-order valence-electron chi connectivity index (χ0n) is 17.6. The summed E-state index contributed by atoms with van der Waals surface area (Å²) in [6.07, 6.45) is 4.52. The van der Waals surface area contributed by atoms with Crippen molar-refractivity contribution in [1.29, 1.82) is 0 Å². The van der Waals surface area contributed by atoms with Crippen LogP contribution in [-0.2, 0) is 24.2 Å². The highest BCUT2D eigenvalue weighted by molar-refractivity contribution is 7.99. The van der Waals surface area contributed by atoms with Crippen LogP contribution in [0.2, 0.25) is 0 Å². The summed E-state index contributed by atoms with van der Waals surface area (Å²) in [5.74, 6) is 1.41. The summed E-state index contributed by atoms with van der Waals surface area (Å²) in [4.78, 5) is 36.7. The van der Waals surface area contributed by atoms with Gasteiger partial charge in [0, 0.05) is 4.88 Å². The number of thiophene rings is 1. The lowest BCUT2D eigenvalue weighted by atomic mass is 9.89. The normalized spacial score (nSPS) is 15.8. The van der Waals surface area contributed by atoms with Gasteiger partial charge in [0.1, 0.15) is 10.6 Å². The third-order valence-corrected chi connectivity index (χ3v) is 7.51. The van der Waals surface area contributed by atoms with Crippen LogP contribution < -0.4 is 10.9 Å². The Labute approximate surface area is 191 Å². The lowest BCUT2D eigenvalue weighted by Crippen LogP contribution is -2.25. The lowest BCUT2D eigenvalue weighted by Gasteiger charge is -2.17. The van der Waals surface area contributed by atoms with Crippen molar-refractivity contribution in [2.75, 3.05) is 11.1 Å². The molecule has 0 aliphatic heterocycles. The lowest BCUT2D eigenvalue weighted by molar-refractivity contribution is -0.114. The first kappa shape index (κ1) is 21.0. The number of amides is 1. The Morgan fingerprint density at radius 2 is 2.28 bits per heavy atom. The second-order valence-corrected chi connectivity index (χ2v) is 9.91. The monoisotopic (exact) mass is 471 g/mol. The standard InChI is InChI=1S/C21H21N5O4S2/c1-11-5-6-14-15(8-11)32-18-17(14)19(28)26(9-13-4-3-7-29-13)21(24-18)31-10-16(27)23-20-22-12(2)25-30-20/h3-4,7,11H,5-6,8-10H2,1-2H3,(H,22,23,25,27). The third-order valence-electron chi connectivity index (χ3n) is 5.38. The molecule has 1 aliphatic rings. The number of aromatic nitrogens is 4. The zero-order valence-corrected chi connectivity index (χ0v) is 19.2. The molecule has 0 saturated carbocycles. The van der Waals surface area contributed by atoms with Crippen molar-refractivity contribution in [2.24, 2.45) is 5.92 Å². The second-order valence-electron chi connectivity index (χ2n) is 7.88. The number of anilines is 1. The molecule has 9 nitrogen and oxygen atoms in total. The molecule has 166 valence electrons. The number of carbonyl (C=O) groups is 1. The number of hydrogen-bond acceptors (Lipinski definition) is 9. The van der Waals surface area contributed by atoms with Gasteiger partial charge in [0.15, 0.2) is 11.0 Å². The van der Waals surface area contributed by atoms with Gasteiger partial charge in [-0.05, 0) is 49.8 Å². The molecule has 1 aliphatic carbocycles. The van der Waals surface area contributed by atoms with Crippen LogP contribution in [0.4, 0.5) is 6.01 Å². The van der Waals surface area contributed by atoms with Crippen LogP contribution in [0.3, 0.4) is 0 Å². The molecule has 1 unspecified atom stereocenters. The van der Waals surface area contributed by atoms with Crippen molar-refractivity contribution < 1.29 is 13.7 Å². The molecule has 4 aromatic rings. The van der Waals surface area contributed by atoms with E-state index in [9.17, 15) is 9.59 Å². The molecule has 11 heteroatoms. The Morgan fingerprint density at radius 3 is 3.03 bits per heavy atom. The van der Waals surface area contributed by atoms with Crippen LogP contribution in [0.15, 0.2) is 37.3 Å². The first-order chi connectivity index (χ1) is 15.5. The van der Waals surface area contributed by atoms with Crippen LogP contribution in [0.5, 0.6) is 0 Å². The van der Waals surface area contributed by atoms with E-state index < -0.39 is 0 Å². The van der Waals surface area contributed by atoms with Gasteiger partial charge < -0.3 is 8.94 Å². The van der Waals surface area contributed by atoms with Gasteiger partial charge in [-0.15, -0.1) is 11.3 Å². The Hall–Kier alpha value is -2.92. The maximum atomic E-state index is 13.6. The van der Waals surface area contributed by atoms with E-state index in [0.29, 0.717) is 28.0 Å². The van der Waals surface area contributed by atoms with E-state index in [2.05, 4.69) is 22.4 Å². The van der Waals surface area contributed by atoms with E-state index in [0.717, 1.165) is 29.7 Å². The van der Waals surface area contributed by atoms with Crippen LogP contribution in [0.25, 0.3) is 10.2 Å². The summed E-state index contributed by atoms with van der Waals surface area (Å²) in [6, 6.07) is 3.65. The molecule has 0 fully saturated rings. The van der Waals surface area contributed by atoms with Crippen molar-refractivity contribution in [3.05, 3.63) is 50.8 Å². The number of aryl methyl sites for hydroxylation is 2. The number of thioether (sulfide) groups is 1. The fourth-order valence-electron chi connectivity index (χ4n) is 3.85.